The number of hydrogen-bond donors (Lipinski definition) is 0. The Hall–Kier alpha value is -2.95. The van der Waals surface area contributed by atoms with Crippen molar-refractivity contribution in [1.29, 1.82) is 0 Å². The molecule has 0 bridgehead atoms. The fourth-order valence-electron chi connectivity index (χ4n) is 2.25. The molecule has 2 aromatic carbocycles. The molecule has 102 valence electrons. The summed E-state index contributed by atoms with van der Waals surface area (Å²) in [6.07, 6.45) is 1.68. The summed E-state index contributed by atoms with van der Waals surface area (Å²) in [6.45, 7) is 0.333. The summed E-state index contributed by atoms with van der Waals surface area (Å²) in [5.74, 6) is 1.44. The maximum absolute atomic E-state index is 5.67. The summed E-state index contributed by atoms with van der Waals surface area (Å²) in [4.78, 5) is 8.90. The molecule has 0 N–H and O–H groups in total. The van der Waals surface area contributed by atoms with Crippen LogP contribution in [-0.4, -0.2) is 19.6 Å². The van der Waals surface area contributed by atoms with Crippen LogP contribution in [0, 0.1) is 0 Å². The Morgan fingerprint density at radius 3 is 2.67 bits per heavy atom. The molecule has 0 aliphatic rings. The molecule has 0 radical (unpaired) electrons. The number of aromatic nitrogens is 4. The summed E-state index contributed by atoms with van der Waals surface area (Å²) in [7, 11) is 0. The van der Waals surface area contributed by atoms with E-state index in [9.17, 15) is 0 Å². The molecule has 0 unspecified atom stereocenters. The van der Waals surface area contributed by atoms with Crippen LogP contribution in [0.15, 0.2) is 60.9 Å². The molecule has 0 spiro atoms. The van der Waals surface area contributed by atoms with E-state index in [2.05, 4.69) is 15.1 Å². The van der Waals surface area contributed by atoms with E-state index in [-0.39, 0.29) is 0 Å². The van der Waals surface area contributed by atoms with Gasteiger partial charge in [-0.05, 0) is 24.3 Å². The van der Waals surface area contributed by atoms with Crippen molar-refractivity contribution in [3.63, 3.8) is 0 Å². The highest BCUT2D eigenvalue weighted by Gasteiger charge is 2.08. The van der Waals surface area contributed by atoms with Gasteiger partial charge >= 0.3 is 0 Å². The van der Waals surface area contributed by atoms with Gasteiger partial charge in [-0.2, -0.15) is 0 Å². The maximum Gasteiger partial charge on any atom is 0.189 e. The SMILES string of the molecule is c1ccc(OCc2nc3c4ccccc4ncn3n2)cc1. The third-order valence-corrected chi connectivity index (χ3v) is 3.24. The normalized spacial score (nSPS) is 11.0. The monoisotopic (exact) mass is 276 g/mol. The molecule has 21 heavy (non-hydrogen) atoms. The van der Waals surface area contributed by atoms with Gasteiger partial charge in [0.2, 0.25) is 0 Å². The molecule has 0 atom stereocenters. The Bertz CT molecular complexity index is 902. The van der Waals surface area contributed by atoms with Crippen molar-refractivity contribution in [2.75, 3.05) is 0 Å². The fourth-order valence-corrected chi connectivity index (χ4v) is 2.25. The molecule has 2 heterocycles. The van der Waals surface area contributed by atoms with E-state index in [1.165, 1.54) is 0 Å². The van der Waals surface area contributed by atoms with Gasteiger partial charge in [0, 0.05) is 5.39 Å². The second-order valence-corrected chi connectivity index (χ2v) is 4.66. The molecular formula is C16H12N4O. The molecule has 4 rings (SSSR count). The summed E-state index contributed by atoms with van der Waals surface area (Å²) >= 11 is 0. The van der Waals surface area contributed by atoms with Crippen molar-refractivity contribution >= 4 is 16.6 Å². The van der Waals surface area contributed by atoms with Crippen LogP contribution in [0.2, 0.25) is 0 Å². The van der Waals surface area contributed by atoms with Crippen molar-refractivity contribution in [2.45, 2.75) is 6.61 Å². The van der Waals surface area contributed by atoms with Gasteiger partial charge in [0.05, 0.1) is 5.52 Å². The Balaban J connectivity index is 1.69. The van der Waals surface area contributed by atoms with Gasteiger partial charge in [-0.25, -0.2) is 14.5 Å². The van der Waals surface area contributed by atoms with Crippen LogP contribution in [0.5, 0.6) is 5.75 Å². The van der Waals surface area contributed by atoms with Crippen LogP contribution in [-0.2, 0) is 6.61 Å². The summed E-state index contributed by atoms with van der Waals surface area (Å²) in [5, 5.41) is 5.38. The minimum Gasteiger partial charge on any atom is -0.486 e. The first-order valence-corrected chi connectivity index (χ1v) is 6.67. The maximum atomic E-state index is 5.67. The van der Waals surface area contributed by atoms with Crippen molar-refractivity contribution in [3.8, 4) is 5.75 Å². The third kappa shape index (κ3) is 2.18. The molecular weight excluding hydrogens is 264 g/mol. The summed E-state index contributed by atoms with van der Waals surface area (Å²) in [5.41, 5.74) is 1.71. The highest BCUT2D eigenvalue weighted by Crippen LogP contribution is 2.16. The van der Waals surface area contributed by atoms with Gasteiger partial charge in [0.25, 0.3) is 0 Å². The standard InChI is InChI=1S/C16H12N4O/c1-2-6-12(7-3-1)21-10-15-18-16-13-8-4-5-9-14(13)17-11-20(16)19-15/h1-9,11H,10H2. The van der Waals surface area contributed by atoms with E-state index in [1.807, 2.05) is 54.6 Å². The summed E-state index contributed by atoms with van der Waals surface area (Å²) in [6, 6.07) is 17.5. The van der Waals surface area contributed by atoms with E-state index in [0.29, 0.717) is 12.4 Å². The lowest BCUT2D eigenvalue weighted by atomic mass is 10.2. The molecule has 5 nitrogen and oxygen atoms in total. The van der Waals surface area contributed by atoms with Gasteiger partial charge in [0.15, 0.2) is 11.5 Å². The lowest BCUT2D eigenvalue weighted by Gasteiger charge is -2.01. The van der Waals surface area contributed by atoms with Crippen LogP contribution < -0.4 is 4.74 Å². The van der Waals surface area contributed by atoms with E-state index in [0.717, 1.165) is 22.3 Å². The van der Waals surface area contributed by atoms with Crippen LogP contribution >= 0.6 is 0 Å². The van der Waals surface area contributed by atoms with Gasteiger partial charge < -0.3 is 4.74 Å². The lowest BCUT2D eigenvalue weighted by Crippen LogP contribution is -1.98. The van der Waals surface area contributed by atoms with Gasteiger partial charge in [0.1, 0.15) is 18.7 Å². The lowest BCUT2D eigenvalue weighted by molar-refractivity contribution is 0.296. The number of ether oxygens (including phenoxy) is 1. The number of hydrogen-bond acceptors (Lipinski definition) is 4. The average molecular weight is 276 g/mol. The minimum absolute atomic E-state index is 0.333. The number of nitrogens with zero attached hydrogens (tertiary/aromatic N) is 4. The van der Waals surface area contributed by atoms with E-state index in [1.54, 1.807) is 10.8 Å². The Morgan fingerprint density at radius 2 is 1.76 bits per heavy atom. The predicted octanol–water partition coefficient (Wildman–Crippen LogP) is 2.86. The topological polar surface area (TPSA) is 52.3 Å². The molecule has 0 amide bonds. The highest BCUT2D eigenvalue weighted by atomic mass is 16.5. The minimum atomic E-state index is 0.333. The first-order chi connectivity index (χ1) is 10.4. The van der Waals surface area contributed by atoms with Gasteiger partial charge in [-0.1, -0.05) is 30.3 Å². The summed E-state index contributed by atoms with van der Waals surface area (Å²) < 4.78 is 7.36. The Kier molecular flexibility index (Phi) is 2.74. The molecule has 5 heteroatoms. The van der Waals surface area contributed by atoms with Crippen LogP contribution in [0.1, 0.15) is 5.82 Å². The zero-order chi connectivity index (χ0) is 14.1. The van der Waals surface area contributed by atoms with Gasteiger partial charge in [-0.3, -0.25) is 0 Å². The Labute approximate surface area is 120 Å². The fraction of sp³-hybridized carbons (Fsp3) is 0.0625. The van der Waals surface area contributed by atoms with E-state index < -0.39 is 0 Å². The first kappa shape index (κ1) is 11.8. The second kappa shape index (κ2) is 4.86. The average Bonchev–Trinajstić information content (AvgIpc) is 2.97. The number of para-hydroxylation sites is 2. The van der Waals surface area contributed by atoms with Crippen LogP contribution in [0.4, 0.5) is 0 Å². The molecule has 0 aliphatic carbocycles. The van der Waals surface area contributed by atoms with Gasteiger partial charge in [-0.15, -0.1) is 5.10 Å². The van der Waals surface area contributed by atoms with E-state index >= 15 is 0 Å². The number of rotatable bonds is 3. The molecule has 4 aromatic rings. The zero-order valence-corrected chi connectivity index (χ0v) is 11.2. The third-order valence-electron chi connectivity index (χ3n) is 3.24. The van der Waals surface area contributed by atoms with Crippen LogP contribution in [0.3, 0.4) is 0 Å². The van der Waals surface area contributed by atoms with Crippen LogP contribution in [0.25, 0.3) is 16.6 Å². The van der Waals surface area contributed by atoms with Crippen molar-refractivity contribution in [3.05, 3.63) is 66.7 Å². The van der Waals surface area contributed by atoms with Crippen molar-refractivity contribution < 1.29 is 4.74 Å². The van der Waals surface area contributed by atoms with Crippen molar-refractivity contribution in [2.24, 2.45) is 0 Å². The Morgan fingerprint density at radius 1 is 0.952 bits per heavy atom. The molecule has 0 fully saturated rings. The quantitative estimate of drug-likeness (QED) is 0.577. The van der Waals surface area contributed by atoms with Crippen molar-refractivity contribution in [1.82, 2.24) is 19.6 Å². The number of benzene rings is 2. The molecule has 0 aliphatic heterocycles. The predicted molar refractivity (Wildman–Crippen MR) is 79.1 cm³/mol. The molecule has 0 saturated carbocycles. The van der Waals surface area contributed by atoms with E-state index in [4.69, 9.17) is 4.74 Å². The highest BCUT2D eigenvalue weighted by molar-refractivity contribution is 5.90. The molecule has 0 saturated heterocycles. The second-order valence-electron chi connectivity index (χ2n) is 4.66. The first-order valence-electron chi connectivity index (χ1n) is 6.67. The largest absolute Gasteiger partial charge is 0.486 e. The zero-order valence-electron chi connectivity index (χ0n) is 11.2. The molecule has 2 aromatic heterocycles. The smallest absolute Gasteiger partial charge is 0.189 e. The number of fused-ring (bicyclic) bond motifs is 3.